The van der Waals surface area contributed by atoms with Gasteiger partial charge in [0.2, 0.25) is 0 Å². The average Bonchev–Trinajstić information content (AvgIpc) is 3.49. The van der Waals surface area contributed by atoms with Crippen molar-refractivity contribution in [2.45, 2.75) is 11.4 Å². The molecule has 0 radical (unpaired) electrons. The van der Waals surface area contributed by atoms with Gasteiger partial charge in [-0.15, -0.1) is 23.1 Å². The lowest BCUT2D eigenvalue weighted by molar-refractivity contribution is 0.990. The van der Waals surface area contributed by atoms with Gasteiger partial charge in [0.15, 0.2) is 0 Å². The van der Waals surface area contributed by atoms with Crippen molar-refractivity contribution in [2.24, 2.45) is 0 Å². The van der Waals surface area contributed by atoms with Gasteiger partial charge in [0, 0.05) is 44.5 Å². The van der Waals surface area contributed by atoms with Crippen molar-refractivity contribution in [3.8, 4) is 0 Å². The summed E-state index contributed by atoms with van der Waals surface area (Å²) in [5, 5.41) is 9.93. The van der Waals surface area contributed by atoms with Crippen molar-refractivity contribution in [3.63, 3.8) is 0 Å². The smallest absolute Gasteiger partial charge is 0.148 e. The van der Waals surface area contributed by atoms with Gasteiger partial charge in [-0.2, -0.15) is 0 Å². The van der Waals surface area contributed by atoms with Crippen LogP contribution in [0.15, 0.2) is 40.7 Å². The Balaban J connectivity index is 1.73. The normalized spacial score (nSPS) is 14.5. The minimum Gasteiger partial charge on any atom is -0.285 e. The standard InChI is InChI=1S/C22H10N4S4/c27-21-11-3-4-12-16-10(18-24-20-14(6-8-30-20)26(18)22(12)28)2-1-9(15(11)16)17-23-19-13(25(17)21)5-7-29-19/h1-5,7H,6,8H2. The molecule has 2 aromatic carbocycles. The summed E-state index contributed by atoms with van der Waals surface area (Å²) in [6.45, 7) is 0. The Kier molecular flexibility index (Phi) is 2.86. The average molecular weight is 459 g/mol. The number of thiophene rings is 1. The van der Waals surface area contributed by atoms with E-state index in [1.165, 1.54) is 5.69 Å². The lowest BCUT2D eigenvalue weighted by Crippen LogP contribution is -1.98. The molecule has 0 bridgehead atoms. The molecule has 8 rings (SSSR count). The maximum Gasteiger partial charge on any atom is 0.148 e. The molecule has 0 saturated heterocycles. The van der Waals surface area contributed by atoms with Gasteiger partial charge in [-0.3, -0.25) is 8.80 Å². The lowest BCUT2D eigenvalue weighted by atomic mass is 9.97. The summed E-state index contributed by atoms with van der Waals surface area (Å²) in [4.78, 5) is 10.9. The van der Waals surface area contributed by atoms with E-state index in [9.17, 15) is 0 Å². The number of nitrogens with zero attached hydrogens (tertiary/aromatic N) is 4. The number of hydrogen-bond acceptors (Lipinski definition) is 6. The second-order valence-electron chi connectivity index (χ2n) is 7.68. The van der Waals surface area contributed by atoms with Crippen LogP contribution in [-0.2, 0) is 6.42 Å². The fourth-order valence-corrected chi connectivity index (χ4v) is 7.54. The highest BCUT2D eigenvalue weighted by Crippen LogP contribution is 2.42. The molecule has 142 valence electrons. The topological polar surface area (TPSA) is 34.6 Å². The van der Waals surface area contributed by atoms with Crippen molar-refractivity contribution in [1.82, 2.24) is 18.8 Å². The zero-order valence-electron chi connectivity index (χ0n) is 15.3. The van der Waals surface area contributed by atoms with Gasteiger partial charge in [0.05, 0.1) is 11.2 Å². The van der Waals surface area contributed by atoms with Crippen LogP contribution in [-0.4, -0.2) is 24.5 Å². The second kappa shape index (κ2) is 5.26. The molecule has 0 atom stereocenters. The van der Waals surface area contributed by atoms with E-state index in [-0.39, 0.29) is 0 Å². The third kappa shape index (κ3) is 1.70. The molecule has 30 heavy (non-hydrogen) atoms. The monoisotopic (exact) mass is 458 g/mol. The lowest BCUT2D eigenvalue weighted by Gasteiger charge is -2.14. The highest BCUT2D eigenvalue weighted by Gasteiger charge is 2.24. The van der Waals surface area contributed by atoms with Crippen molar-refractivity contribution in [1.29, 1.82) is 0 Å². The summed E-state index contributed by atoms with van der Waals surface area (Å²) in [6.07, 6.45) is 1.01. The summed E-state index contributed by atoms with van der Waals surface area (Å²) in [5.41, 5.74) is 4.23. The first-order valence-corrected chi connectivity index (χ1v) is 12.3. The van der Waals surface area contributed by atoms with Crippen molar-refractivity contribution < 1.29 is 0 Å². The quantitative estimate of drug-likeness (QED) is 0.188. The Bertz CT molecular complexity index is 1980. The fraction of sp³-hybridized carbons (Fsp3) is 0.0909. The molecular weight excluding hydrogens is 449 g/mol. The van der Waals surface area contributed by atoms with Gasteiger partial charge in [0.1, 0.15) is 30.4 Å². The van der Waals surface area contributed by atoms with Crippen LogP contribution < -0.4 is 0 Å². The molecule has 5 aromatic heterocycles. The van der Waals surface area contributed by atoms with Gasteiger partial charge in [-0.1, -0.05) is 36.6 Å². The zero-order valence-corrected chi connectivity index (χ0v) is 18.6. The molecule has 1 aliphatic rings. The minimum absolute atomic E-state index is 0.806. The Morgan fingerprint density at radius 1 is 0.800 bits per heavy atom. The number of aromatic nitrogens is 4. The zero-order chi connectivity index (χ0) is 19.7. The van der Waals surface area contributed by atoms with Crippen LogP contribution in [0.2, 0.25) is 0 Å². The molecule has 6 heterocycles. The van der Waals surface area contributed by atoms with E-state index in [2.05, 4.69) is 44.5 Å². The predicted molar refractivity (Wildman–Crippen MR) is 130 cm³/mol. The van der Waals surface area contributed by atoms with Crippen LogP contribution in [0, 0.1) is 9.28 Å². The van der Waals surface area contributed by atoms with E-state index in [4.69, 9.17) is 34.4 Å². The molecular formula is C22H10N4S4. The summed E-state index contributed by atoms with van der Waals surface area (Å²) < 4.78 is 5.97. The molecule has 0 spiro atoms. The maximum absolute atomic E-state index is 5.99. The van der Waals surface area contributed by atoms with E-state index in [0.717, 1.165) is 80.4 Å². The van der Waals surface area contributed by atoms with Gasteiger partial charge < -0.3 is 0 Å². The molecule has 0 unspecified atom stereocenters. The van der Waals surface area contributed by atoms with E-state index in [0.29, 0.717) is 0 Å². The van der Waals surface area contributed by atoms with Crippen molar-refractivity contribution in [2.75, 3.05) is 5.75 Å². The van der Waals surface area contributed by atoms with Crippen LogP contribution in [0.3, 0.4) is 0 Å². The molecule has 4 nitrogen and oxygen atoms in total. The Labute approximate surface area is 187 Å². The number of aryl methyl sites for hydroxylation is 1. The number of rotatable bonds is 0. The first-order valence-electron chi connectivity index (χ1n) is 9.62. The maximum atomic E-state index is 5.99. The molecule has 0 saturated carbocycles. The SMILES string of the molecule is S=c1c2ccc3c(=S)n4c5ccsc5nc4c4ccc(c2c34)c2nc3c(n12)CCS3. The molecule has 7 aromatic rings. The Morgan fingerprint density at radius 3 is 2.23 bits per heavy atom. The number of benzene rings is 2. The Morgan fingerprint density at radius 2 is 1.47 bits per heavy atom. The fourth-order valence-electron chi connectivity index (χ4n) is 5.07. The van der Waals surface area contributed by atoms with Crippen LogP contribution in [0.1, 0.15) is 5.69 Å². The van der Waals surface area contributed by atoms with Crippen LogP contribution >= 0.6 is 47.5 Å². The molecule has 0 N–H and O–H groups in total. The first-order chi connectivity index (χ1) is 14.7. The summed E-state index contributed by atoms with van der Waals surface area (Å²) in [7, 11) is 0. The van der Waals surface area contributed by atoms with E-state index in [1.807, 2.05) is 11.8 Å². The number of imidazole rings is 2. The van der Waals surface area contributed by atoms with E-state index in [1.54, 1.807) is 11.3 Å². The van der Waals surface area contributed by atoms with Crippen LogP contribution in [0.25, 0.3) is 54.0 Å². The van der Waals surface area contributed by atoms with Gasteiger partial charge in [0.25, 0.3) is 0 Å². The molecule has 0 amide bonds. The molecule has 1 aliphatic heterocycles. The summed E-state index contributed by atoms with van der Waals surface area (Å²) >= 11 is 15.4. The second-order valence-corrected chi connectivity index (χ2v) is 10.4. The van der Waals surface area contributed by atoms with Gasteiger partial charge in [-0.05, 0) is 23.6 Å². The highest BCUT2D eigenvalue weighted by molar-refractivity contribution is 7.99. The van der Waals surface area contributed by atoms with Gasteiger partial charge in [-0.25, -0.2) is 9.97 Å². The number of thioether (sulfide) groups is 1. The van der Waals surface area contributed by atoms with Crippen molar-refractivity contribution >= 4 is 101 Å². The largest absolute Gasteiger partial charge is 0.285 e. The van der Waals surface area contributed by atoms with Crippen LogP contribution in [0.4, 0.5) is 0 Å². The number of fused-ring (bicyclic) bond motifs is 8. The summed E-state index contributed by atoms with van der Waals surface area (Å²) in [5.74, 6) is 1.08. The molecule has 0 aliphatic carbocycles. The molecule has 8 heteroatoms. The van der Waals surface area contributed by atoms with E-state index >= 15 is 0 Å². The number of hydrogen-bond donors (Lipinski definition) is 0. The molecule has 0 fully saturated rings. The minimum atomic E-state index is 0.806. The van der Waals surface area contributed by atoms with Gasteiger partial charge >= 0.3 is 0 Å². The van der Waals surface area contributed by atoms with E-state index < -0.39 is 0 Å². The summed E-state index contributed by atoms with van der Waals surface area (Å²) in [6, 6.07) is 10.7. The predicted octanol–water partition coefficient (Wildman–Crippen LogP) is 6.64. The third-order valence-corrected chi connectivity index (χ3v) is 8.92. The van der Waals surface area contributed by atoms with Crippen molar-refractivity contribution in [3.05, 3.63) is 50.7 Å². The Hall–Kier alpha value is -2.39. The van der Waals surface area contributed by atoms with Crippen LogP contribution in [0.5, 0.6) is 0 Å². The number of pyridine rings is 2. The third-order valence-electron chi connectivity index (χ3n) is 6.31. The first kappa shape index (κ1) is 16.3. The highest BCUT2D eigenvalue weighted by atomic mass is 32.2.